The van der Waals surface area contributed by atoms with Gasteiger partial charge in [-0.1, -0.05) is 30.2 Å². The first-order valence-electron chi connectivity index (χ1n) is 8.93. The standard InChI is InChI=1S/C22H23N3O2/c1-4-13-25-19-8-6-5-7-18(19)24-21(25)11-12-23-22(26)15-27-20-14-16(2)9-10-17(20)3/h1,5-10,14H,11-13,15H2,2-3H3,(H,23,26). The summed E-state index contributed by atoms with van der Waals surface area (Å²) < 4.78 is 7.64. The molecule has 1 N–H and O–H groups in total. The number of amides is 1. The highest BCUT2D eigenvalue weighted by molar-refractivity contribution is 5.78. The Bertz CT molecular complexity index is 998. The Labute approximate surface area is 159 Å². The van der Waals surface area contributed by atoms with E-state index in [1.807, 2.05) is 60.9 Å². The molecule has 0 aliphatic carbocycles. The molecular formula is C22H23N3O2. The zero-order valence-corrected chi connectivity index (χ0v) is 15.7. The van der Waals surface area contributed by atoms with E-state index < -0.39 is 0 Å². The molecule has 1 amide bonds. The molecular weight excluding hydrogens is 338 g/mol. The minimum Gasteiger partial charge on any atom is -0.483 e. The molecule has 3 rings (SSSR count). The maximum absolute atomic E-state index is 12.1. The van der Waals surface area contributed by atoms with Crippen molar-refractivity contribution in [2.75, 3.05) is 13.2 Å². The van der Waals surface area contributed by atoms with E-state index in [9.17, 15) is 4.79 Å². The number of terminal acetylenes is 1. The topological polar surface area (TPSA) is 56.2 Å². The van der Waals surface area contributed by atoms with Gasteiger partial charge in [-0.25, -0.2) is 4.98 Å². The van der Waals surface area contributed by atoms with E-state index in [0.29, 0.717) is 19.5 Å². The maximum Gasteiger partial charge on any atom is 0.257 e. The molecule has 138 valence electrons. The number of ether oxygens (including phenoxy) is 1. The summed E-state index contributed by atoms with van der Waals surface area (Å²) in [6.07, 6.45) is 6.09. The lowest BCUT2D eigenvalue weighted by Gasteiger charge is -2.10. The first kappa shape index (κ1) is 18.5. The SMILES string of the molecule is C#CCn1c(CCNC(=O)COc2cc(C)ccc2C)nc2ccccc21. The summed E-state index contributed by atoms with van der Waals surface area (Å²) in [5.41, 5.74) is 4.03. The van der Waals surface area contributed by atoms with Gasteiger partial charge in [-0.2, -0.15) is 0 Å². The van der Waals surface area contributed by atoms with E-state index >= 15 is 0 Å². The number of aromatic nitrogens is 2. The van der Waals surface area contributed by atoms with Crippen molar-refractivity contribution >= 4 is 16.9 Å². The monoisotopic (exact) mass is 361 g/mol. The highest BCUT2D eigenvalue weighted by Crippen LogP contribution is 2.19. The van der Waals surface area contributed by atoms with Gasteiger partial charge in [0, 0.05) is 13.0 Å². The molecule has 5 heteroatoms. The summed E-state index contributed by atoms with van der Waals surface area (Å²) in [6, 6.07) is 13.8. The van der Waals surface area contributed by atoms with Crippen LogP contribution in [-0.4, -0.2) is 28.6 Å². The molecule has 1 aromatic heterocycles. The summed E-state index contributed by atoms with van der Waals surface area (Å²) in [7, 11) is 0. The van der Waals surface area contributed by atoms with Gasteiger partial charge >= 0.3 is 0 Å². The number of carbonyl (C=O) groups is 1. The smallest absolute Gasteiger partial charge is 0.257 e. The zero-order chi connectivity index (χ0) is 19.2. The van der Waals surface area contributed by atoms with Crippen molar-refractivity contribution in [2.24, 2.45) is 0 Å². The number of hydrogen-bond acceptors (Lipinski definition) is 3. The van der Waals surface area contributed by atoms with Crippen LogP contribution in [0.15, 0.2) is 42.5 Å². The normalized spacial score (nSPS) is 10.6. The number of hydrogen-bond donors (Lipinski definition) is 1. The third kappa shape index (κ3) is 4.48. The molecule has 1 heterocycles. The summed E-state index contributed by atoms with van der Waals surface area (Å²) >= 11 is 0. The Hall–Kier alpha value is -3.26. The largest absolute Gasteiger partial charge is 0.483 e. The van der Waals surface area contributed by atoms with Crippen LogP contribution in [0.25, 0.3) is 11.0 Å². The van der Waals surface area contributed by atoms with Crippen molar-refractivity contribution in [3.05, 3.63) is 59.4 Å². The van der Waals surface area contributed by atoms with E-state index in [1.165, 1.54) is 0 Å². The van der Waals surface area contributed by atoms with Crippen LogP contribution in [0.5, 0.6) is 5.75 Å². The van der Waals surface area contributed by atoms with Crippen molar-refractivity contribution in [3.8, 4) is 18.1 Å². The quantitative estimate of drug-likeness (QED) is 0.658. The number of aryl methyl sites for hydroxylation is 2. The molecule has 0 radical (unpaired) electrons. The van der Waals surface area contributed by atoms with E-state index in [-0.39, 0.29) is 12.5 Å². The van der Waals surface area contributed by atoms with Crippen molar-refractivity contribution in [2.45, 2.75) is 26.8 Å². The average molecular weight is 361 g/mol. The van der Waals surface area contributed by atoms with Gasteiger partial charge in [0.05, 0.1) is 17.6 Å². The molecule has 0 bridgehead atoms. The van der Waals surface area contributed by atoms with Crippen molar-refractivity contribution < 1.29 is 9.53 Å². The minimum absolute atomic E-state index is 0.00886. The fourth-order valence-corrected chi connectivity index (χ4v) is 2.95. The van der Waals surface area contributed by atoms with Gasteiger partial charge in [-0.3, -0.25) is 4.79 Å². The van der Waals surface area contributed by atoms with Gasteiger partial charge in [-0.05, 0) is 43.2 Å². The van der Waals surface area contributed by atoms with Crippen LogP contribution in [0, 0.1) is 26.2 Å². The Morgan fingerprint density at radius 2 is 2.07 bits per heavy atom. The summed E-state index contributed by atoms with van der Waals surface area (Å²) in [4.78, 5) is 16.7. The highest BCUT2D eigenvalue weighted by Gasteiger charge is 2.10. The fraction of sp³-hybridized carbons (Fsp3) is 0.273. The molecule has 0 aliphatic heterocycles. The second-order valence-electron chi connectivity index (χ2n) is 6.46. The number of fused-ring (bicyclic) bond motifs is 1. The molecule has 0 atom stereocenters. The van der Waals surface area contributed by atoms with Crippen LogP contribution < -0.4 is 10.1 Å². The minimum atomic E-state index is -0.157. The second-order valence-corrected chi connectivity index (χ2v) is 6.46. The second kappa shape index (κ2) is 8.41. The molecule has 27 heavy (non-hydrogen) atoms. The summed E-state index contributed by atoms with van der Waals surface area (Å²) in [5.74, 6) is 4.11. The van der Waals surface area contributed by atoms with Crippen LogP contribution >= 0.6 is 0 Å². The maximum atomic E-state index is 12.1. The van der Waals surface area contributed by atoms with Crippen molar-refractivity contribution in [3.63, 3.8) is 0 Å². The summed E-state index contributed by atoms with van der Waals surface area (Å²) in [5, 5.41) is 2.88. The molecule has 0 saturated heterocycles. The number of nitrogens with one attached hydrogen (secondary N) is 1. The molecule has 0 unspecified atom stereocenters. The highest BCUT2D eigenvalue weighted by atomic mass is 16.5. The van der Waals surface area contributed by atoms with Gasteiger partial charge in [0.2, 0.25) is 0 Å². The Kier molecular flexibility index (Phi) is 5.77. The van der Waals surface area contributed by atoms with Gasteiger partial charge in [0.15, 0.2) is 6.61 Å². The van der Waals surface area contributed by atoms with Crippen LogP contribution in [0.4, 0.5) is 0 Å². The Balaban J connectivity index is 1.56. The lowest BCUT2D eigenvalue weighted by atomic mass is 10.1. The van der Waals surface area contributed by atoms with Crippen LogP contribution in [0.3, 0.4) is 0 Å². The van der Waals surface area contributed by atoms with Crippen LogP contribution in [-0.2, 0) is 17.8 Å². The van der Waals surface area contributed by atoms with Crippen LogP contribution in [0.1, 0.15) is 17.0 Å². The number of nitrogens with zero attached hydrogens (tertiary/aromatic N) is 2. The number of para-hydroxylation sites is 2. The predicted molar refractivity (Wildman–Crippen MR) is 107 cm³/mol. The molecule has 5 nitrogen and oxygen atoms in total. The molecule has 0 fully saturated rings. The average Bonchev–Trinajstić information content (AvgIpc) is 3.00. The van der Waals surface area contributed by atoms with Crippen molar-refractivity contribution in [1.82, 2.24) is 14.9 Å². The molecule has 0 spiro atoms. The lowest BCUT2D eigenvalue weighted by Crippen LogP contribution is -2.31. The van der Waals surface area contributed by atoms with E-state index in [2.05, 4.69) is 16.2 Å². The van der Waals surface area contributed by atoms with E-state index in [1.54, 1.807) is 0 Å². The summed E-state index contributed by atoms with van der Waals surface area (Å²) in [6.45, 7) is 4.88. The predicted octanol–water partition coefficient (Wildman–Crippen LogP) is 3.02. The first-order chi connectivity index (χ1) is 13.1. The molecule has 0 aliphatic rings. The Morgan fingerprint density at radius 3 is 2.89 bits per heavy atom. The number of benzene rings is 2. The lowest BCUT2D eigenvalue weighted by molar-refractivity contribution is -0.123. The third-order valence-electron chi connectivity index (χ3n) is 4.36. The number of carbonyl (C=O) groups excluding carboxylic acids is 1. The van der Waals surface area contributed by atoms with Gasteiger partial charge in [0.25, 0.3) is 5.91 Å². The van der Waals surface area contributed by atoms with E-state index in [4.69, 9.17) is 11.2 Å². The fourth-order valence-electron chi connectivity index (χ4n) is 2.95. The van der Waals surface area contributed by atoms with E-state index in [0.717, 1.165) is 33.7 Å². The van der Waals surface area contributed by atoms with Gasteiger partial charge in [-0.15, -0.1) is 6.42 Å². The zero-order valence-electron chi connectivity index (χ0n) is 15.7. The molecule has 3 aromatic rings. The number of imidazole rings is 1. The van der Waals surface area contributed by atoms with Crippen LogP contribution in [0.2, 0.25) is 0 Å². The third-order valence-corrected chi connectivity index (χ3v) is 4.36. The Morgan fingerprint density at radius 1 is 1.26 bits per heavy atom. The van der Waals surface area contributed by atoms with Gasteiger partial charge < -0.3 is 14.6 Å². The molecule has 0 saturated carbocycles. The number of rotatable bonds is 7. The molecule has 2 aromatic carbocycles. The van der Waals surface area contributed by atoms with Gasteiger partial charge in [0.1, 0.15) is 11.6 Å². The first-order valence-corrected chi connectivity index (χ1v) is 8.93. The van der Waals surface area contributed by atoms with Crippen molar-refractivity contribution in [1.29, 1.82) is 0 Å².